The molecule has 0 aliphatic rings. The Balaban J connectivity index is 2.07. The van der Waals surface area contributed by atoms with Crippen LogP contribution in [0.3, 0.4) is 0 Å². The van der Waals surface area contributed by atoms with Crippen LogP contribution in [0.2, 0.25) is 0 Å². The van der Waals surface area contributed by atoms with E-state index < -0.39 is 0 Å². The summed E-state index contributed by atoms with van der Waals surface area (Å²) < 4.78 is 6.35. The quantitative estimate of drug-likeness (QED) is 0.822. The van der Waals surface area contributed by atoms with E-state index in [4.69, 9.17) is 10.5 Å². The van der Waals surface area contributed by atoms with Gasteiger partial charge in [-0.1, -0.05) is 11.3 Å². The monoisotopic (exact) mass is 279 g/mol. The molecule has 7 heteroatoms. The number of hydrogen-bond acceptors (Lipinski definition) is 5. The van der Waals surface area contributed by atoms with Crippen LogP contribution in [-0.4, -0.2) is 17.6 Å². The van der Waals surface area contributed by atoms with Crippen molar-refractivity contribution in [3.8, 4) is 5.75 Å². The minimum atomic E-state index is -0.308. The Labute approximate surface area is 113 Å². The number of aromatic nitrogens is 1. The van der Waals surface area contributed by atoms with E-state index in [2.05, 4.69) is 5.32 Å². The van der Waals surface area contributed by atoms with Gasteiger partial charge in [-0.25, -0.2) is 0 Å². The first-order valence-electron chi connectivity index (χ1n) is 5.47. The molecule has 1 heterocycles. The maximum absolute atomic E-state index is 11.8. The molecule has 0 aliphatic heterocycles. The van der Waals surface area contributed by atoms with Crippen molar-refractivity contribution < 1.29 is 9.53 Å². The molecule has 100 valence electrons. The fourth-order valence-electron chi connectivity index (χ4n) is 1.53. The Morgan fingerprint density at radius 1 is 1.53 bits per heavy atom. The van der Waals surface area contributed by atoms with Crippen molar-refractivity contribution >= 4 is 28.6 Å². The second-order valence-electron chi connectivity index (χ2n) is 3.80. The minimum absolute atomic E-state index is 0.0339. The van der Waals surface area contributed by atoms with Gasteiger partial charge in [-0.15, -0.1) is 0 Å². The van der Waals surface area contributed by atoms with Crippen LogP contribution in [0, 0.1) is 0 Å². The Hall–Kier alpha value is -2.28. The number of benzene rings is 1. The summed E-state index contributed by atoms with van der Waals surface area (Å²) in [4.78, 5) is 22.9. The fourth-order valence-corrected chi connectivity index (χ4v) is 2.12. The smallest absolute Gasteiger partial charge is 0.307 e. The molecule has 6 nitrogen and oxygen atoms in total. The van der Waals surface area contributed by atoms with Gasteiger partial charge in [0.1, 0.15) is 12.3 Å². The number of hydrogen-bond donors (Lipinski definition) is 2. The third kappa shape index (κ3) is 3.14. The summed E-state index contributed by atoms with van der Waals surface area (Å²) in [5.74, 6) is 0.307. The molecule has 0 unspecified atom stereocenters. The lowest BCUT2D eigenvalue weighted by Crippen LogP contribution is -2.24. The highest BCUT2D eigenvalue weighted by atomic mass is 32.1. The number of thiazole rings is 1. The standard InChI is InChI=1S/C12H13N3O3S/c1-18-8-2-3-10(9(13)6-8)14-11(16)7-15-4-5-19-12(15)17/h2-6H,7,13H2,1H3,(H,14,16). The summed E-state index contributed by atoms with van der Waals surface area (Å²) in [6.45, 7) is -0.0339. The number of nitrogens with zero attached hydrogens (tertiary/aromatic N) is 1. The number of methoxy groups -OCH3 is 1. The van der Waals surface area contributed by atoms with E-state index in [1.54, 1.807) is 29.8 Å². The van der Waals surface area contributed by atoms with Crippen LogP contribution in [0.1, 0.15) is 0 Å². The van der Waals surface area contributed by atoms with E-state index in [0.717, 1.165) is 11.3 Å². The predicted molar refractivity (Wildman–Crippen MR) is 74.6 cm³/mol. The summed E-state index contributed by atoms with van der Waals surface area (Å²) in [5, 5.41) is 4.29. The van der Waals surface area contributed by atoms with E-state index >= 15 is 0 Å². The maximum Gasteiger partial charge on any atom is 0.307 e. The van der Waals surface area contributed by atoms with Gasteiger partial charge in [-0.05, 0) is 12.1 Å². The number of amides is 1. The topological polar surface area (TPSA) is 86.3 Å². The maximum atomic E-state index is 11.8. The van der Waals surface area contributed by atoms with Crippen LogP contribution in [-0.2, 0) is 11.3 Å². The first-order chi connectivity index (χ1) is 9.10. The Bertz CT molecular complexity index is 648. The predicted octanol–water partition coefficient (Wildman–Crippen LogP) is 1.14. The number of nitrogens with two attached hydrogens (primary N) is 1. The Kier molecular flexibility index (Phi) is 3.86. The van der Waals surface area contributed by atoms with Crippen molar-refractivity contribution in [2.24, 2.45) is 0 Å². The summed E-state index contributed by atoms with van der Waals surface area (Å²) in [7, 11) is 1.54. The van der Waals surface area contributed by atoms with Crippen LogP contribution in [0.5, 0.6) is 5.75 Å². The van der Waals surface area contributed by atoms with E-state index in [1.165, 1.54) is 11.7 Å². The van der Waals surface area contributed by atoms with Gasteiger partial charge in [0.05, 0.1) is 18.5 Å². The van der Waals surface area contributed by atoms with Crippen molar-refractivity contribution in [2.45, 2.75) is 6.54 Å². The molecule has 0 aliphatic carbocycles. The molecule has 2 aromatic rings. The van der Waals surface area contributed by atoms with Crippen molar-refractivity contribution in [3.63, 3.8) is 0 Å². The molecule has 0 saturated heterocycles. The van der Waals surface area contributed by atoms with Gasteiger partial charge in [0.25, 0.3) is 0 Å². The zero-order valence-electron chi connectivity index (χ0n) is 10.3. The number of nitrogen functional groups attached to an aromatic ring is 1. The minimum Gasteiger partial charge on any atom is -0.497 e. The normalized spacial score (nSPS) is 10.2. The Morgan fingerprint density at radius 3 is 2.89 bits per heavy atom. The molecule has 1 amide bonds. The molecule has 19 heavy (non-hydrogen) atoms. The van der Waals surface area contributed by atoms with Crippen molar-refractivity contribution in [3.05, 3.63) is 39.4 Å². The number of carbonyl (C=O) groups is 1. The van der Waals surface area contributed by atoms with E-state index in [0.29, 0.717) is 17.1 Å². The van der Waals surface area contributed by atoms with Gasteiger partial charge < -0.3 is 15.8 Å². The molecular formula is C12H13N3O3S. The van der Waals surface area contributed by atoms with Gasteiger partial charge in [-0.2, -0.15) is 0 Å². The first-order valence-corrected chi connectivity index (χ1v) is 6.35. The molecule has 0 atom stereocenters. The van der Waals surface area contributed by atoms with E-state index in [9.17, 15) is 9.59 Å². The van der Waals surface area contributed by atoms with Gasteiger partial charge in [-0.3, -0.25) is 14.2 Å². The SMILES string of the molecule is COc1ccc(NC(=O)Cn2ccsc2=O)c(N)c1. The summed E-state index contributed by atoms with van der Waals surface area (Å²) in [6.07, 6.45) is 1.57. The second-order valence-corrected chi connectivity index (χ2v) is 4.66. The zero-order valence-corrected chi connectivity index (χ0v) is 11.1. The third-order valence-electron chi connectivity index (χ3n) is 2.49. The van der Waals surface area contributed by atoms with Crippen molar-refractivity contribution in [2.75, 3.05) is 18.2 Å². The second kappa shape index (κ2) is 5.57. The number of nitrogens with one attached hydrogen (secondary N) is 1. The molecule has 0 fully saturated rings. The van der Waals surface area contributed by atoms with Crippen molar-refractivity contribution in [1.29, 1.82) is 0 Å². The van der Waals surface area contributed by atoms with Crippen LogP contribution in [0.15, 0.2) is 34.6 Å². The molecule has 0 saturated carbocycles. The van der Waals surface area contributed by atoms with Gasteiger partial charge in [0.15, 0.2) is 0 Å². The molecule has 0 radical (unpaired) electrons. The van der Waals surface area contributed by atoms with E-state index in [-0.39, 0.29) is 17.3 Å². The number of ether oxygens (including phenoxy) is 1. The summed E-state index contributed by atoms with van der Waals surface area (Å²) in [5.41, 5.74) is 6.69. The molecule has 0 spiro atoms. The average Bonchev–Trinajstić information content (AvgIpc) is 2.77. The van der Waals surface area contributed by atoms with Gasteiger partial charge >= 0.3 is 4.87 Å². The number of carbonyl (C=O) groups excluding carboxylic acids is 1. The lowest BCUT2D eigenvalue weighted by atomic mass is 10.2. The Morgan fingerprint density at radius 2 is 2.32 bits per heavy atom. The molecular weight excluding hydrogens is 266 g/mol. The highest BCUT2D eigenvalue weighted by molar-refractivity contribution is 7.07. The molecule has 3 N–H and O–H groups in total. The third-order valence-corrected chi connectivity index (χ3v) is 3.18. The lowest BCUT2D eigenvalue weighted by molar-refractivity contribution is -0.116. The first kappa shape index (κ1) is 13.2. The molecule has 2 rings (SSSR count). The molecule has 1 aromatic heterocycles. The van der Waals surface area contributed by atoms with Crippen molar-refractivity contribution in [1.82, 2.24) is 4.57 Å². The summed E-state index contributed by atoms with van der Waals surface area (Å²) >= 11 is 1.05. The van der Waals surface area contributed by atoms with E-state index in [1.807, 2.05) is 0 Å². The van der Waals surface area contributed by atoms with Crippen LogP contribution >= 0.6 is 11.3 Å². The average molecular weight is 279 g/mol. The lowest BCUT2D eigenvalue weighted by Gasteiger charge is -2.09. The summed E-state index contributed by atoms with van der Waals surface area (Å²) in [6, 6.07) is 4.97. The fraction of sp³-hybridized carbons (Fsp3) is 0.167. The van der Waals surface area contributed by atoms with Crippen LogP contribution in [0.25, 0.3) is 0 Å². The number of anilines is 2. The zero-order chi connectivity index (χ0) is 13.8. The van der Waals surface area contributed by atoms with Crippen LogP contribution < -0.4 is 20.7 Å². The highest BCUT2D eigenvalue weighted by Gasteiger charge is 2.08. The highest BCUT2D eigenvalue weighted by Crippen LogP contribution is 2.23. The van der Waals surface area contributed by atoms with Crippen LogP contribution in [0.4, 0.5) is 11.4 Å². The molecule has 1 aromatic carbocycles. The largest absolute Gasteiger partial charge is 0.497 e. The van der Waals surface area contributed by atoms with Gasteiger partial charge in [0.2, 0.25) is 5.91 Å². The number of rotatable bonds is 4. The van der Waals surface area contributed by atoms with Gasteiger partial charge in [0, 0.05) is 17.6 Å². The molecule has 0 bridgehead atoms.